The third kappa shape index (κ3) is 2.00. The number of hydrogen-bond acceptors (Lipinski definition) is 3. The number of nitrogens with one attached hydrogen (secondary N) is 1. The summed E-state index contributed by atoms with van der Waals surface area (Å²) in [6.07, 6.45) is 3.54. The Labute approximate surface area is 170 Å². The van der Waals surface area contributed by atoms with Gasteiger partial charge >= 0.3 is 0 Å². The number of aromatic amines is 1. The number of nitrogens with zero attached hydrogens (tertiary/aromatic N) is 2. The van der Waals surface area contributed by atoms with Gasteiger partial charge in [-0.3, -0.25) is 0 Å². The van der Waals surface area contributed by atoms with E-state index < -0.39 is 0 Å². The predicted molar refractivity (Wildman–Crippen MR) is 122 cm³/mol. The minimum absolute atomic E-state index is 0.718. The maximum Gasteiger partial charge on any atom is 0.159 e. The van der Waals surface area contributed by atoms with Crippen molar-refractivity contribution in [3.63, 3.8) is 0 Å². The Morgan fingerprint density at radius 2 is 1.43 bits per heavy atom. The van der Waals surface area contributed by atoms with Crippen LogP contribution in [0.2, 0.25) is 0 Å². The molecule has 3 heterocycles. The summed E-state index contributed by atoms with van der Waals surface area (Å²) >= 11 is 0. The van der Waals surface area contributed by atoms with Gasteiger partial charge in [0.05, 0.1) is 10.9 Å². The monoisotopic (exact) mass is 385 g/mol. The lowest BCUT2D eigenvalue weighted by Gasteiger charge is -2.03. The second-order valence-corrected chi connectivity index (χ2v) is 7.56. The van der Waals surface area contributed by atoms with E-state index in [2.05, 4.69) is 69.5 Å². The van der Waals surface area contributed by atoms with Crippen LogP contribution in [-0.2, 0) is 0 Å². The molecule has 0 atom stereocenters. The van der Waals surface area contributed by atoms with Crippen LogP contribution in [0.25, 0.3) is 65.9 Å². The maximum atomic E-state index is 6.43. The molecule has 0 bridgehead atoms. The van der Waals surface area contributed by atoms with Crippen molar-refractivity contribution < 1.29 is 4.42 Å². The summed E-state index contributed by atoms with van der Waals surface area (Å²) in [7, 11) is 0. The van der Waals surface area contributed by atoms with Gasteiger partial charge in [0, 0.05) is 45.0 Å². The van der Waals surface area contributed by atoms with Crippen LogP contribution < -0.4 is 0 Å². The van der Waals surface area contributed by atoms with Crippen LogP contribution >= 0.6 is 0 Å². The Hall–Kier alpha value is -4.18. The molecule has 4 aromatic carbocycles. The van der Waals surface area contributed by atoms with E-state index in [1.807, 2.05) is 18.2 Å². The van der Waals surface area contributed by atoms with E-state index in [-0.39, 0.29) is 0 Å². The number of para-hydroxylation sites is 1. The third-order valence-electron chi connectivity index (χ3n) is 5.91. The summed E-state index contributed by atoms with van der Waals surface area (Å²) in [6.45, 7) is 0. The highest BCUT2D eigenvalue weighted by Gasteiger charge is 2.19. The number of aromatic nitrogens is 3. The SMILES string of the molecule is c1cnc(-c2ccc3[nH]c4c5ccccc5c5c6ccccc6oc5c4c3c2)nc1. The molecule has 4 nitrogen and oxygen atoms in total. The predicted octanol–water partition coefficient (Wildman–Crippen LogP) is 6.83. The molecule has 0 spiro atoms. The van der Waals surface area contributed by atoms with Crippen LogP contribution in [0.3, 0.4) is 0 Å². The van der Waals surface area contributed by atoms with Crippen LogP contribution in [-0.4, -0.2) is 15.0 Å². The van der Waals surface area contributed by atoms with Gasteiger partial charge in [0.1, 0.15) is 11.2 Å². The zero-order chi connectivity index (χ0) is 19.7. The molecule has 0 unspecified atom stereocenters. The molecule has 7 rings (SSSR count). The second kappa shape index (κ2) is 5.67. The summed E-state index contributed by atoms with van der Waals surface area (Å²) in [5, 5.41) is 6.92. The van der Waals surface area contributed by atoms with Crippen molar-refractivity contribution in [2.45, 2.75) is 0 Å². The molecule has 3 aromatic heterocycles. The summed E-state index contributed by atoms with van der Waals surface area (Å²) in [5.74, 6) is 0.718. The zero-order valence-corrected chi connectivity index (χ0v) is 15.9. The molecule has 140 valence electrons. The molecule has 0 aliphatic rings. The number of H-pyrrole nitrogens is 1. The molecule has 0 saturated carbocycles. The van der Waals surface area contributed by atoms with Gasteiger partial charge in [0.25, 0.3) is 0 Å². The first kappa shape index (κ1) is 15.7. The molecule has 0 aliphatic carbocycles. The first-order chi connectivity index (χ1) is 14.9. The van der Waals surface area contributed by atoms with E-state index in [1.54, 1.807) is 12.4 Å². The number of furan rings is 1. The van der Waals surface area contributed by atoms with Gasteiger partial charge in [-0.05, 0) is 35.7 Å². The quantitative estimate of drug-likeness (QED) is 0.337. The van der Waals surface area contributed by atoms with Crippen molar-refractivity contribution in [3.05, 3.63) is 85.2 Å². The van der Waals surface area contributed by atoms with Gasteiger partial charge in [0.15, 0.2) is 5.82 Å². The van der Waals surface area contributed by atoms with Crippen molar-refractivity contribution in [2.75, 3.05) is 0 Å². The van der Waals surface area contributed by atoms with E-state index >= 15 is 0 Å². The van der Waals surface area contributed by atoms with E-state index in [1.165, 1.54) is 10.8 Å². The maximum absolute atomic E-state index is 6.43. The zero-order valence-electron chi connectivity index (χ0n) is 15.9. The van der Waals surface area contributed by atoms with Crippen LogP contribution in [0.1, 0.15) is 0 Å². The topological polar surface area (TPSA) is 54.7 Å². The van der Waals surface area contributed by atoms with E-state index in [0.717, 1.165) is 55.1 Å². The van der Waals surface area contributed by atoms with Gasteiger partial charge in [-0.2, -0.15) is 0 Å². The molecule has 0 fully saturated rings. The van der Waals surface area contributed by atoms with Gasteiger partial charge in [-0.1, -0.05) is 42.5 Å². The average Bonchev–Trinajstić information content (AvgIpc) is 3.38. The van der Waals surface area contributed by atoms with E-state index in [0.29, 0.717) is 0 Å². The van der Waals surface area contributed by atoms with Gasteiger partial charge < -0.3 is 9.40 Å². The number of hydrogen-bond donors (Lipinski definition) is 1. The lowest BCUT2D eigenvalue weighted by atomic mass is 9.99. The van der Waals surface area contributed by atoms with E-state index in [9.17, 15) is 0 Å². The Morgan fingerprint density at radius 1 is 0.667 bits per heavy atom. The lowest BCUT2D eigenvalue weighted by molar-refractivity contribution is 0.673. The van der Waals surface area contributed by atoms with Gasteiger partial charge in [-0.25, -0.2) is 9.97 Å². The fourth-order valence-corrected chi connectivity index (χ4v) is 4.63. The average molecular weight is 385 g/mol. The molecular weight excluding hydrogens is 370 g/mol. The molecule has 1 N–H and O–H groups in total. The highest BCUT2D eigenvalue weighted by Crippen LogP contribution is 2.43. The van der Waals surface area contributed by atoms with Crippen LogP contribution in [0.15, 0.2) is 89.6 Å². The molecular formula is C26H15N3O. The Morgan fingerprint density at radius 3 is 2.30 bits per heavy atom. The largest absolute Gasteiger partial charge is 0.455 e. The molecule has 0 saturated heterocycles. The smallest absolute Gasteiger partial charge is 0.159 e. The molecule has 30 heavy (non-hydrogen) atoms. The summed E-state index contributed by atoms with van der Waals surface area (Å²) in [6, 6.07) is 24.9. The Balaban J connectivity index is 1.73. The Kier molecular flexibility index (Phi) is 2.97. The summed E-state index contributed by atoms with van der Waals surface area (Å²) < 4.78 is 6.43. The first-order valence-electron chi connectivity index (χ1n) is 9.93. The minimum atomic E-state index is 0.718. The number of rotatable bonds is 1. The first-order valence-corrected chi connectivity index (χ1v) is 9.93. The van der Waals surface area contributed by atoms with Crippen LogP contribution in [0, 0.1) is 0 Å². The third-order valence-corrected chi connectivity index (χ3v) is 5.91. The van der Waals surface area contributed by atoms with Crippen molar-refractivity contribution in [1.29, 1.82) is 0 Å². The summed E-state index contributed by atoms with van der Waals surface area (Å²) in [4.78, 5) is 12.5. The number of benzene rings is 4. The van der Waals surface area contributed by atoms with E-state index in [4.69, 9.17) is 4.42 Å². The highest BCUT2D eigenvalue weighted by molar-refractivity contribution is 6.34. The Bertz CT molecular complexity index is 1740. The van der Waals surface area contributed by atoms with Crippen molar-refractivity contribution >= 4 is 54.5 Å². The normalized spacial score (nSPS) is 12.0. The summed E-state index contributed by atoms with van der Waals surface area (Å²) in [5.41, 5.74) is 4.98. The molecule has 7 aromatic rings. The minimum Gasteiger partial charge on any atom is -0.455 e. The van der Waals surface area contributed by atoms with Gasteiger partial charge in [0.2, 0.25) is 0 Å². The fourth-order valence-electron chi connectivity index (χ4n) is 4.63. The van der Waals surface area contributed by atoms with Crippen LogP contribution in [0.5, 0.6) is 0 Å². The van der Waals surface area contributed by atoms with Gasteiger partial charge in [-0.15, -0.1) is 0 Å². The highest BCUT2D eigenvalue weighted by atomic mass is 16.3. The lowest BCUT2D eigenvalue weighted by Crippen LogP contribution is -1.86. The van der Waals surface area contributed by atoms with Crippen LogP contribution in [0.4, 0.5) is 0 Å². The molecule has 0 aliphatic heterocycles. The molecule has 4 heteroatoms. The standard InChI is InChI=1S/C26H15N3O/c1-2-7-17-16(6-1)22-18-8-3-4-9-21(18)30-25(22)23-19-14-15(26-27-12-5-13-28-26)10-11-20(19)29-24(17)23/h1-14,29H. The fraction of sp³-hybridized carbons (Fsp3) is 0. The second-order valence-electron chi connectivity index (χ2n) is 7.56. The van der Waals surface area contributed by atoms with Crippen molar-refractivity contribution in [2.24, 2.45) is 0 Å². The molecule has 0 radical (unpaired) electrons. The number of fused-ring (bicyclic) bond motifs is 10. The molecule has 0 amide bonds. The van der Waals surface area contributed by atoms with Crippen molar-refractivity contribution in [3.8, 4) is 11.4 Å². The van der Waals surface area contributed by atoms with Crippen molar-refractivity contribution in [1.82, 2.24) is 15.0 Å².